The summed E-state index contributed by atoms with van der Waals surface area (Å²) in [6.07, 6.45) is 36.2. The molecule has 1 aliphatic rings. The molecule has 0 bridgehead atoms. The van der Waals surface area contributed by atoms with E-state index in [0.717, 1.165) is 82.8 Å². The molecular weight excluding hydrogens is 806 g/mol. The van der Waals surface area contributed by atoms with Gasteiger partial charge >= 0.3 is 19.8 Å². The number of hydrogen-bond donors (Lipinski definition) is 1. The highest BCUT2D eigenvalue weighted by atomic mass is 31.2. The lowest BCUT2D eigenvalue weighted by atomic mass is 10.0. The lowest BCUT2D eigenvalue weighted by Gasteiger charge is -2.24. The standard InChI is InChI=1S/C50H86NO10P/c1-8-10-12-13-21-28-34-47-48(61-47)35-29-23-18-16-20-24-30-36-49(52)56-40-44(41-58-62(54,55)57-39-38-51(5,6)7)59-50(53)37-31-25-19-15-14-17-22-27-33-46-43(4)42(3)45(60-46)32-26-11-9-2/h16,20-21,23,28-29,44,47-48H,8-15,17-19,22,24-27,30-41H2,1-7H3/p+1/b20-16-,28-21-,29-23-/t44-,47?,48?/m1/s1. The second-order valence-corrected chi connectivity index (χ2v) is 19.6. The number of esters is 2. The molecule has 1 aromatic rings. The molecule has 1 fully saturated rings. The molecule has 11 nitrogen and oxygen atoms in total. The maximum Gasteiger partial charge on any atom is 0.472 e. The highest BCUT2D eigenvalue weighted by Crippen LogP contribution is 2.43. The van der Waals surface area contributed by atoms with Crippen LogP contribution in [0, 0.1) is 13.8 Å². The Hall–Kier alpha value is -2.53. The molecule has 1 N–H and O–H groups in total. The second kappa shape index (κ2) is 33.0. The molecular formula is C50H87NO10P+. The van der Waals surface area contributed by atoms with Crippen molar-refractivity contribution in [3.63, 3.8) is 0 Å². The maximum absolute atomic E-state index is 12.8. The molecule has 0 aromatic carbocycles. The summed E-state index contributed by atoms with van der Waals surface area (Å²) in [5.74, 6) is 1.44. The lowest BCUT2D eigenvalue weighted by Crippen LogP contribution is -2.37. The van der Waals surface area contributed by atoms with Gasteiger partial charge in [0.2, 0.25) is 0 Å². The van der Waals surface area contributed by atoms with Crippen molar-refractivity contribution in [1.29, 1.82) is 0 Å². The van der Waals surface area contributed by atoms with Crippen LogP contribution in [0.25, 0.3) is 0 Å². The van der Waals surface area contributed by atoms with Crippen molar-refractivity contribution in [3.05, 3.63) is 59.1 Å². The molecule has 2 rings (SSSR count). The van der Waals surface area contributed by atoms with Gasteiger partial charge in [0.05, 0.1) is 40.0 Å². The molecule has 0 saturated carbocycles. The summed E-state index contributed by atoms with van der Waals surface area (Å²) in [7, 11) is 1.42. The molecule has 62 heavy (non-hydrogen) atoms. The number of furan rings is 1. The number of rotatable bonds is 39. The van der Waals surface area contributed by atoms with Gasteiger partial charge in [-0.3, -0.25) is 18.6 Å². The molecule has 4 atom stereocenters. The molecule has 0 aliphatic carbocycles. The number of phosphoric ester groups is 1. The number of epoxide rings is 1. The van der Waals surface area contributed by atoms with Crippen LogP contribution in [-0.4, -0.2) is 87.1 Å². The minimum absolute atomic E-state index is 0.0129. The van der Waals surface area contributed by atoms with Crippen LogP contribution in [0.1, 0.15) is 178 Å². The number of nitrogens with zero attached hydrogens (tertiary/aromatic N) is 1. The van der Waals surface area contributed by atoms with Gasteiger partial charge in [0.15, 0.2) is 6.10 Å². The normalized spacial score (nSPS) is 17.0. The third-order valence-electron chi connectivity index (χ3n) is 11.3. The van der Waals surface area contributed by atoms with Crippen molar-refractivity contribution in [3.8, 4) is 0 Å². The Morgan fingerprint density at radius 1 is 0.677 bits per heavy atom. The molecule has 1 aromatic heterocycles. The van der Waals surface area contributed by atoms with Crippen LogP contribution < -0.4 is 0 Å². The average molecular weight is 893 g/mol. The van der Waals surface area contributed by atoms with Crippen LogP contribution in [0.3, 0.4) is 0 Å². The van der Waals surface area contributed by atoms with Crippen molar-refractivity contribution >= 4 is 19.8 Å². The van der Waals surface area contributed by atoms with E-state index in [0.29, 0.717) is 36.1 Å². The average Bonchev–Trinajstić information content (AvgIpc) is 3.92. The lowest BCUT2D eigenvalue weighted by molar-refractivity contribution is -0.870. The zero-order valence-electron chi connectivity index (χ0n) is 40.0. The van der Waals surface area contributed by atoms with Gasteiger partial charge in [-0.15, -0.1) is 0 Å². The zero-order valence-corrected chi connectivity index (χ0v) is 40.9. The summed E-state index contributed by atoms with van der Waals surface area (Å²) in [6.45, 7) is 8.62. The molecule has 356 valence electrons. The number of allylic oxidation sites excluding steroid dienone is 4. The number of unbranched alkanes of at least 4 members (excludes halogenated alkanes) is 13. The largest absolute Gasteiger partial charge is 0.472 e. The van der Waals surface area contributed by atoms with Gasteiger partial charge in [-0.1, -0.05) is 115 Å². The Balaban J connectivity index is 1.64. The predicted molar refractivity (Wildman–Crippen MR) is 250 cm³/mol. The molecule has 2 heterocycles. The first kappa shape index (κ1) is 55.6. The van der Waals surface area contributed by atoms with Gasteiger partial charge in [0, 0.05) is 25.7 Å². The minimum atomic E-state index is -4.41. The fourth-order valence-electron chi connectivity index (χ4n) is 7.05. The van der Waals surface area contributed by atoms with Crippen LogP contribution in [0.2, 0.25) is 0 Å². The van der Waals surface area contributed by atoms with Gasteiger partial charge in [0.25, 0.3) is 0 Å². The van der Waals surface area contributed by atoms with E-state index >= 15 is 0 Å². The van der Waals surface area contributed by atoms with Crippen molar-refractivity contribution in [1.82, 2.24) is 0 Å². The highest BCUT2D eigenvalue weighted by Gasteiger charge is 2.36. The highest BCUT2D eigenvalue weighted by molar-refractivity contribution is 7.47. The molecule has 0 spiro atoms. The van der Waals surface area contributed by atoms with Crippen LogP contribution in [0.15, 0.2) is 40.9 Å². The van der Waals surface area contributed by atoms with E-state index in [2.05, 4.69) is 64.2 Å². The molecule has 1 aliphatic heterocycles. The number of aryl methyl sites for hydroxylation is 2. The Morgan fingerprint density at radius 2 is 1.21 bits per heavy atom. The van der Waals surface area contributed by atoms with Crippen LogP contribution in [-0.2, 0) is 50.3 Å². The molecule has 0 radical (unpaired) electrons. The number of carbonyl (C=O) groups is 2. The number of phosphoric acid groups is 1. The quantitative estimate of drug-likeness (QED) is 0.0170. The number of carbonyl (C=O) groups excluding carboxylic acids is 2. The monoisotopic (exact) mass is 893 g/mol. The molecule has 0 amide bonds. The zero-order chi connectivity index (χ0) is 45.5. The van der Waals surface area contributed by atoms with Crippen LogP contribution in [0.4, 0.5) is 0 Å². The number of hydrogen-bond acceptors (Lipinski definition) is 9. The van der Waals surface area contributed by atoms with Gasteiger partial charge < -0.3 is 28.0 Å². The van der Waals surface area contributed by atoms with E-state index in [1.54, 1.807) is 0 Å². The smallest absolute Gasteiger partial charge is 0.466 e. The number of quaternary nitrogens is 1. The second-order valence-electron chi connectivity index (χ2n) is 18.1. The Bertz CT molecular complexity index is 1490. The molecule has 3 unspecified atom stereocenters. The first-order chi connectivity index (χ1) is 29.7. The summed E-state index contributed by atoms with van der Waals surface area (Å²) in [6, 6.07) is 0. The van der Waals surface area contributed by atoms with E-state index in [1.807, 2.05) is 21.1 Å². The van der Waals surface area contributed by atoms with Crippen LogP contribution in [0.5, 0.6) is 0 Å². The number of likely N-dealkylation sites (N-methyl/N-ethyl adjacent to an activating group) is 1. The molecule has 1 saturated heterocycles. The van der Waals surface area contributed by atoms with Crippen molar-refractivity contribution in [2.75, 3.05) is 47.5 Å². The Morgan fingerprint density at radius 3 is 1.85 bits per heavy atom. The fourth-order valence-corrected chi connectivity index (χ4v) is 7.79. The molecule has 12 heteroatoms. The minimum Gasteiger partial charge on any atom is -0.466 e. The summed E-state index contributed by atoms with van der Waals surface area (Å²) in [4.78, 5) is 35.6. The summed E-state index contributed by atoms with van der Waals surface area (Å²) < 4.78 is 46.4. The first-order valence-electron chi connectivity index (χ1n) is 24.2. The van der Waals surface area contributed by atoms with Gasteiger partial charge in [-0.05, 0) is 89.2 Å². The topological polar surface area (TPSA) is 134 Å². The first-order valence-corrected chi connectivity index (χ1v) is 25.7. The predicted octanol–water partition coefficient (Wildman–Crippen LogP) is 12.3. The van der Waals surface area contributed by atoms with E-state index in [1.165, 1.54) is 68.3 Å². The van der Waals surface area contributed by atoms with Crippen molar-refractivity contribution in [2.45, 2.75) is 200 Å². The Kier molecular flexibility index (Phi) is 29.6. The fraction of sp³-hybridized carbons (Fsp3) is 0.760. The third kappa shape index (κ3) is 28.3. The van der Waals surface area contributed by atoms with E-state index < -0.39 is 32.5 Å². The number of ether oxygens (including phenoxy) is 3. The SMILES string of the molecule is CCCCC/C=C\CC1OC1C/C=C\C/C=C\CCCC(=O)OC[C@H](COP(=O)(O)OCC[N+](C)(C)C)OC(=O)CCCCCCCCCCc1oc(CCCCC)c(C)c1C. The van der Waals surface area contributed by atoms with Gasteiger partial charge in [-0.2, -0.15) is 0 Å². The summed E-state index contributed by atoms with van der Waals surface area (Å²) >= 11 is 0. The summed E-state index contributed by atoms with van der Waals surface area (Å²) in [5.41, 5.74) is 2.65. The summed E-state index contributed by atoms with van der Waals surface area (Å²) in [5, 5.41) is 0. The van der Waals surface area contributed by atoms with Crippen molar-refractivity contribution < 1.29 is 51.2 Å². The van der Waals surface area contributed by atoms with E-state index in [-0.39, 0.29) is 26.1 Å². The Labute approximate surface area is 376 Å². The third-order valence-corrected chi connectivity index (χ3v) is 12.3. The van der Waals surface area contributed by atoms with E-state index in [4.69, 9.17) is 27.7 Å². The van der Waals surface area contributed by atoms with E-state index in [9.17, 15) is 19.0 Å². The van der Waals surface area contributed by atoms with Crippen LogP contribution >= 0.6 is 7.82 Å². The van der Waals surface area contributed by atoms with Crippen molar-refractivity contribution in [2.24, 2.45) is 0 Å². The van der Waals surface area contributed by atoms with Gasteiger partial charge in [0.1, 0.15) is 31.3 Å². The maximum atomic E-state index is 12.8. The van der Waals surface area contributed by atoms with Gasteiger partial charge in [-0.25, -0.2) is 4.57 Å².